The topological polar surface area (TPSA) is 16.3 Å². The van der Waals surface area contributed by atoms with Crippen LogP contribution in [0, 0.1) is 0 Å². The molecule has 0 saturated heterocycles. The molecule has 0 fully saturated rings. The Bertz CT molecular complexity index is 6670. The highest BCUT2D eigenvalue weighted by molar-refractivity contribution is 7.00. The number of benzene rings is 18. The third kappa shape index (κ3) is 9.24. The molecule has 0 bridgehead atoms. The summed E-state index contributed by atoms with van der Waals surface area (Å²) in [6.07, 6.45) is 0. The Kier molecular flexibility index (Phi) is 13.4. The van der Waals surface area contributed by atoms with Crippen molar-refractivity contribution in [1.29, 1.82) is 0 Å². The van der Waals surface area contributed by atoms with Gasteiger partial charge in [-0.1, -0.05) is 312 Å². The maximum atomic E-state index is 2.72. The highest BCUT2D eigenvalue weighted by Crippen LogP contribution is 2.56. The zero-order valence-corrected chi connectivity index (χ0v) is 59.5. The number of para-hydroxylation sites is 4. The van der Waals surface area contributed by atoms with Crippen molar-refractivity contribution in [3.8, 4) is 78.1 Å². The van der Waals surface area contributed by atoms with Gasteiger partial charge in [-0.2, -0.15) is 0 Å². The zero-order chi connectivity index (χ0) is 70.8. The summed E-state index contributed by atoms with van der Waals surface area (Å²) in [4.78, 5) is 5.44. The van der Waals surface area contributed by atoms with E-state index in [4.69, 9.17) is 0 Å². The second-order valence-corrected chi connectivity index (χ2v) is 30.2. The maximum Gasteiger partial charge on any atom is 0.252 e. The SMILES string of the molecule is CC(C)(C)c1cc2c3c(c1)N(c1c(-c4ccccc4)cccc1-c1ccccc1)c1cc(-n4c5ccc6cccc7c8cccc9ccc4c(c98)c5c67)ccc1B3c1ccc(-n3c4ccccc4c4ccccc43)cc1N2c1c(-c2cccc(-c3ccccc3)c2)cccc1-c1cccc(-c2ccccc2)c1. The van der Waals surface area contributed by atoms with E-state index in [2.05, 4.69) is 404 Å². The van der Waals surface area contributed by atoms with Gasteiger partial charge in [0, 0.05) is 77.9 Å². The van der Waals surface area contributed by atoms with Crippen molar-refractivity contribution in [2.75, 3.05) is 9.80 Å². The molecule has 2 aliphatic rings. The predicted octanol–water partition coefficient (Wildman–Crippen LogP) is 25.6. The van der Waals surface area contributed by atoms with E-state index in [9.17, 15) is 0 Å². The van der Waals surface area contributed by atoms with E-state index in [0.29, 0.717) is 0 Å². The van der Waals surface area contributed by atoms with E-state index < -0.39 is 0 Å². The van der Waals surface area contributed by atoms with Gasteiger partial charge in [-0.05, 0) is 177 Å². The first-order valence-electron chi connectivity index (χ1n) is 37.4. The molecule has 2 aromatic heterocycles. The lowest BCUT2D eigenvalue weighted by atomic mass is 9.33. The molecule has 0 N–H and O–H groups in total. The quantitative estimate of drug-likeness (QED) is 0.0771. The molecule has 107 heavy (non-hydrogen) atoms. The number of rotatable bonds is 10. The summed E-state index contributed by atoms with van der Waals surface area (Å²) in [5, 5.41) is 12.8. The van der Waals surface area contributed by atoms with Gasteiger partial charge >= 0.3 is 0 Å². The van der Waals surface area contributed by atoms with Gasteiger partial charge in [0.05, 0.1) is 33.4 Å². The summed E-state index contributed by atoms with van der Waals surface area (Å²) >= 11 is 0. The third-order valence-electron chi connectivity index (χ3n) is 23.3. The molecule has 0 saturated carbocycles. The fourth-order valence-electron chi connectivity index (χ4n) is 18.6. The molecule has 2 aliphatic heterocycles. The van der Waals surface area contributed by atoms with Gasteiger partial charge in [-0.15, -0.1) is 0 Å². The summed E-state index contributed by atoms with van der Waals surface area (Å²) in [6, 6.07) is 138. The van der Waals surface area contributed by atoms with Crippen molar-refractivity contribution >= 4 is 133 Å². The Balaban J connectivity index is 0.897. The number of anilines is 6. The highest BCUT2D eigenvalue weighted by Gasteiger charge is 2.46. The van der Waals surface area contributed by atoms with Gasteiger partial charge in [0.15, 0.2) is 0 Å². The minimum absolute atomic E-state index is 0.256. The average Bonchev–Trinajstić information content (AvgIpc) is 1.57. The number of aromatic nitrogens is 2. The van der Waals surface area contributed by atoms with Gasteiger partial charge in [0.25, 0.3) is 6.71 Å². The van der Waals surface area contributed by atoms with Gasteiger partial charge < -0.3 is 18.9 Å². The first-order valence-corrected chi connectivity index (χ1v) is 37.4. The van der Waals surface area contributed by atoms with E-state index in [-0.39, 0.29) is 12.1 Å². The van der Waals surface area contributed by atoms with Crippen LogP contribution in [0.2, 0.25) is 0 Å². The summed E-state index contributed by atoms with van der Waals surface area (Å²) in [5.74, 6) is 0. The molecule has 20 aromatic rings. The van der Waals surface area contributed by atoms with Crippen LogP contribution >= 0.6 is 0 Å². The van der Waals surface area contributed by atoms with Crippen molar-refractivity contribution in [2.24, 2.45) is 0 Å². The van der Waals surface area contributed by atoms with Crippen LogP contribution in [-0.4, -0.2) is 15.8 Å². The van der Waals surface area contributed by atoms with Crippen molar-refractivity contribution in [2.45, 2.75) is 26.2 Å². The number of nitrogens with zero attached hydrogens (tertiary/aromatic N) is 4. The van der Waals surface area contributed by atoms with Crippen LogP contribution in [0.15, 0.2) is 364 Å². The molecule has 0 aliphatic carbocycles. The molecule has 18 aromatic carbocycles. The Labute approximate surface area is 621 Å². The Hall–Kier alpha value is -13.5. The van der Waals surface area contributed by atoms with Crippen LogP contribution in [-0.2, 0) is 5.41 Å². The summed E-state index contributed by atoms with van der Waals surface area (Å²) in [7, 11) is 0. The van der Waals surface area contributed by atoms with E-state index in [1.165, 1.54) is 98.0 Å². The summed E-state index contributed by atoms with van der Waals surface area (Å²) in [5.41, 5.74) is 32.0. The number of hydrogen-bond donors (Lipinski definition) is 0. The molecular formula is C102H69BN4. The first kappa shape index (κ1) is 61.0. The minimum Gasteiger partial charge on any atom is -0.310 e. The predicted molar refractivity (Wildman–Crippen MR) is 455 cm³/mol. The van der Waals surface area contributed by atoms with E-state index in [1.54, 1.807) is 0 Å². The third-order valence-corrected chi connectivity index (χ3v) is 23.3. The summed E-state index contributed by atoms with van der Waals surface area (Å²) < 4.78 is 5.09. The van der Waals surface area contributed by atoms with Crippen LogP contribution in [0.25, 0.3) is 154 Å². The Morgan fingerprint density at radius 3 is 1.04 bits per heavy atom. The number of hydrogen-bond acceptors (Lipinski definition) is 2. The molecule has 22 rings (SSSR count). The molecule has 4 heterocycles. The van der Waals surface area contributed by atoms with E-state index in [0.717, 1.165) is 112 Å². The van der Waals surface area contributed by atoms with Crippen molar-refractivity contribution < 1.29 is 0 Å². The lowest BCUT2D eigenvalue weighted by Crippen LogP contribution is -2.61. The van der Waals surface area contributed by atoms with Gasteiger partial charge in [0.1, 0.15) is 0 Å². The fraction of sp³-hybridized carbons (Fsp3) is 0.0392. The smallest absolute Gasteiger partial charge is 0.252 e. The molecule has 0 unspecified atom stereocenters. The maximum absolute atomic E-state index is 2.72. The van der Waals surface area contributed by atoms with Crippen LogP contribution in [0.4, 0.5) is 34.1 Å². The molecule has 4 nitrogen and oxygen atoms in total. The van der Waals surface area contributed by atoms with Gasteiger partial charge in [0.2, 0.25) is 0 Å². The average molecular weight is 1360 g/mol. The lowest BCUT2D eigenvalue weighted by molar-refractivity contribution is 0.590. The molecule has 0 spiro atoms. The second-order valence-electron chi connectivity index (χ2n) is 30.2. The molecule has 500 valence electrons. The van der Waals surface area contributed by atoms with Crippen LogP contribution in [0.3, 0.4) is 0 Å². The molecule has 0 amide bonds. The normalized spacial score (nSPS) is 12.8. The Morgan fingerprint density at radius 1 is 0.243 bits per heavy atom. The van der Waals surface area contributed by atoms with E-state index >= 15 is 0 Å². The molecule has 0 radical (unpaired) electrons. The number of fused-ring (bicyclic) bond motifs is 8. The van der Waals surface area contributed by atoms with Crippen LogP contribution in [0.5, 0.6) is 0 Å². The lowest BCUT2D eigenvalue weighted by Gasteiger charge is -2.46. The fourth-order valence-corrected chi connectivity index (χ4v) is 18.6. The molecule has 5 heteroatoms. The van der Waals surface area contributed by atoms with Crippen LogP contribution in [0.1, 0.15) is 26.3 Å². The van der Waals surface area contributed by atoms with Gasteiger partial charge in [-0.25, -0.2) is 0 Å². The van der Waals surface area contributed by atoms with E-state index in [1.807, 2.05) is 0 Å². The van der Waals surface area contributed by atoms with Crippen molar-refractivity contribution in [3.63, 3.8) is 0 Å². The minimum atomic E-state index is -0.346. The molecular weight excluding hydrogens is 1290 g/mol. The van der Waals surface area contributed by atoms with Gasteiger partial charge in [-0.3, -0.25) is 0 Å². The van der Waals surface area contributed by atoms with Crippen LogP contribution < -0.4 is 26.2 Å². The monoisotopic (exact) mass is 1360 g/mol. The highest BCUT2D eigenvalue weighted by atomic mass is 15.2. The second kappa shape index (κ2) is 23.5. The molecule has 0 atom stereocenters. The van der Waals surface area contributed by atoms with Crippen molar-refractivity contribution in [3.05, 3.63) is 370 Å². The first-order chi connectivity index (χ1) is 52.8. The largest absolute Gasteiger partial charge is 0.310 e. The van der Waals surface area contributed by atoms with Crippen molar-refractivity contribution in [1.82, 2.24) is 9.13 Å². The standard InChI is InChI=1S/C102H69BN4/c1-102(2,3)74-60-93-99-94(61-74)107(101-79(72-38-20-36-70(58-72)64-26-8-4-9-27-64)44-25-45-80(101)73-39-21-37-71(59-73)65-28-10-5-11-29-65)91-62-75(104-87-48-18-16-40-81(87)82-41-17-19-49-88(82)104)52-54-85(91)103(99)86-55-53-76(63-92(86)106(93)100-77(66-30-12-6-13-31-66)42-24-43-78(100)67-32-14-7-15-33-67)105-89-56-50-68-34-22-46-83-84-47-23-35-69-51-57-90(105)98(96(69)84)97(89)95(68)83/h4-63H,1-3H3. The Morgan fingerprint density at radius 2 is 0.598 bits per heavy atom. The summed E-state index contributed by atoms with van der Waals surface area (Å²) in [6.45, 7) is 6.94. The zero-order valence-electron chi connectivity index (χ0n) is 59.5.